The van der Waals surface area contributed by atoms with E-state index in [0.29, 0.717) is 19.3 Å². The van der Waals surface area contributed by atoms with Gasteiger partial charge in [-0.15, -0.1) is 0 Å². The van der Waals surface area contributed by atoms with E-state index in [1.54, 1.807) is 0 Å². The lowest BCUT2D eigenvalue weighted by molar-refractivity contribution is -0.154. The minimum absolute atomic E-state index is 0.105. The van der Waals surface area contributed by atoms with Crippen molar-refractivity contribution in [2.24, 2.45) is 5.41 Å². The molecule has 108 valence electrons. The summed E-state index contributed by atoms with van der Waals surface area (Å²) in [6.45, 7) is 4.22. The molecule has 0 spiro atoms. The summed E-state index contributed by atoms with van der Waals surface area (Å²) in [6, 6.07) is 6.03. The minimum Gasteiger partial charge on any atom is -0.481 e. The van der Waals surface area contributed by atoms with Gasteiger partial charge in [0.1, 0.15) is 0 Å². The maximum absolute atomic E-state index is 12.0. The maximum atomic E-state index is 12.0. The quantitative estimate of drug-likeness (QED) is 0.866. The molecule has 0 bridgehead atoms. The Morgan fingerprint density at radius 3 is 2.55 bits per heavy atom. The van der Waals surface area contributed by atoms with Gasteiger partial charge in [-0.3, -0.25) is 9.59 Å². The third kappa shape index (κ3) is 3.00. The second-order valence-electron chi connectivity index (χ2n) is 5.82. The first-order valence-electron chi connectivity index (χ1n) is 6.99. The number of carbonyl (C=O) groups is 2. The van der Waals surface area contributed by atoms with Crippen LogP contribution in [0, 0.1) is 19.3 Å². The molecule has 1 aromatic carbocycles. The standard InChI is InChI=1S/C16H21NO3/c1-11-4-5-12(2)13(8-11)9-14(18)17-10-16(15(19)20)6-3-7-16/h4-5,8H,3,6-7,9-10H2,1-2H3,(H,17,18)(H,19,20). The zero-order valence-corrected chi connectivity index (χ0v) is 12.0. The highest BCUT2D eigenvalue weighted by molar-refractivity contribution is 5.81. The van der Waals surface area contributed by atoms with Gasteiger partial charge in [0.05, 0.1) is 11.8 Å². The Balaban J connectivity index is 1.93. The Morgan fingerprint density at radius 2 is 2.00 bits per heavy atom. The van der Waals surface area contributed by atoms with Gasteiger partial charge in [-0.25, -0.2) is 0 Å². The SMILES string of the molecule is Cc1ccc(C)c(CC(=O)NCC2(C(=O)O)CCC2)c1. The lowest BCUT2D eigenvalue weighted by Crippen LogP contribution is -2.47. The molecule has 1 amide bonds. The fourth-order valence-electron chi connectivity index (χ4n) is 2.56. The van der Waals surface area contributed by atoms with E-state index in [2.05, 4.69) is 5.32 Å². The Bertz CT molecular complexity index is 533. The third-order valence-electron chi connectivity index (χ3n) is 4.24. The zero-order valence-electron chi connectivity index (χ0n) is 12.0. The average molecular weight is 275 g/mol. The van der Waals surface area contributed by atoms with Crippen molar-refractivity contribution in [2.45, 2.75) is 39.5 Å². The first-order valence-corrected chi connectivity index (χ1v) is 6.99. The molecule has 0 radical (unpaired) electrons. The molecular weight excluding hydrogens is 254 g/mol. The smallest absolute Gasteiger partial charge is 0.311 e. The van der Waals surface area contributed by atoms with Crippen molar-refractivity contribution >= 4 is 11.9 Å². The van der Waals surface area contributed by atoms with Gasteiger partial charge in [-0.2, -0.15) is 0 Å². The molecular formula is C16H21NO3. The second-order valence-corrected chi connectivity index (χ2v) is 5.82. The van der Waals surface area contributed by atoms with Gasteiger partial charge >= 0.3 is 5.97 Å². The van der Waals surface area contributed by atoms with Gasteiger partial charge in [-0.05, 0) is 37.8 Å². The van der Waals surface area contributed by atoms with Crippen LogP contribution >= 0.6 is 0 Å². The summed E-state index contributed by atoms with van der Waals surface area (Å²) < 4.78 is 0. The molecule has 1 saturated carbocycles. The number of hydrogen-bond acceptors (Lipinski definition) is 2. The van der Waals surface area contributed by atoms with Crippen LogP contribution in [0.15, 0.2) is 18.2 Å². The van der Waals surface area contributed by atoms with Crippen molar-refractivity contribution in [3.05, 3.63) is 34.9 Å². The molecule has 1 fully saturated rings. The fourth-order valence-corrected chi connectivity index (χ4v) is 2.56. The zero-order chi connectivity index (χ0) is 14.8. The highest BCUT2D eigenvalue weighted by Gasteiger charge is 2.44. The van der Waals surface area contributed by atoms with E-state index in [4.69, 9.17) is 0 Å². The van der Waals surface area contributed by atoms with Gasteiger partial charge in [0, 0.05) is 6.54 Å². The van der Waals surface area contributed by atoms with Crippen molar-refractivity contribution in [1.29, 1.82) is 0 Å². The molecule has 0 aliphatic heterocycles. The molecule has 1 aliphatic carbocycles. The second kappa shape index (κ2) is 5.65. The predicted octanol–water partition coefficient (Wildman–Crippen LogP) is 2.22. The summed E-state index contributed by atoms with van der Waals surface area (Å²) >= 11 is 0. The van der Waals surface area contributed by atoms with Crippen molar-refractivity contribution in [3.8, 4) is 0 Å². The number of aryl methyl sites for hydroxylation is 2. The minimum atomic E-state index is -0.796. The maximum Gasteiger partial charge on any atom is 0.311 e. The number of amides is 1. The van der Waals surface area contributed by atoms with Crippen molar-refractivity contribution in [2.75, 3.05) is 6.54 Å². The van der Waals surface area contributed by atoms with Crippen molar-refractivity contribution in [3.63, 3.8) is 0 Å². The molecule has 4 nitrogen and oxygen atoms in total. The van der Waals surface area contributed by atoms with Gasteiger partial charge in [0.25, 0.3) is 0 Å². The number of carboxylic acid groups (broad SMARTS) is 1. The molecule has 1 aromatic rings. The first-order chi connectivity index (χ1) is 9.43. The van der Waals surface area contributed by atoms with Gasteiger partial charge in [0.2, 0.25) is 5.91 Å². The molecule has 4 heteroatoms. The van der Waals surface area contributed by atoms with Crippen LogP contribution < -0.4 is 5.32 Å². The van der Waals surface area contributed by atoms with E-state index in [1.165, 1.54) is 0 Å². The molecule has 0 saturated heterocycles. The van der Waals surface area contributed by atoms with Crippen molar-refractivity contribution < 1.29 is 14.7 Å². The van der Waals surface area contributed by atoms with Gasteiger partial charge in [-0.1, -0.05) is 30.2 Å². The molecule has 20 heavy (non-hydrogen) atoms. The third-order valence-corrected chi connectivity index (χ3v) is 4.24. The Morgan fingerprint density at radius 1 is 1.30 bits per heavy atom. The molecule has 1 aliphatic rings. The number of benzene rings is 1. The molecule has 2 N–H and O–H groups in total. The van der Waals surface area contributed by atoms with E-state index in [1.807, 2.05) is 32.0 Å². The highest BCUT2D eigenvalue weighted by atomic mass is 16.4. The van der Waals surface area contributed by atoms with E-state index in [9.17, 15) is 14.7 Å². The summed E-state index contributed by atoms with van der Waals surface area (Å²) in [5, 5.41) is 12.0. The summed E-state index contributed by atoms with van der Waals surface area (Å²) in [6.07, 6.45) is 2.56. The number of hydrogen-bond donors (Lipinski definition) is 2. The van der Waals surface area contributed by atoms with Crippen LogP contribution in [-0.2, 0) is 16.0 Å². The monoisotopic (exact) mass is 275 g/mol. The predicted molar refractivity (Wildman–Crippen MR) is 76.5 cm³/mol. The van der Waals surface area contributed by atoms with Crippen LogP contribution in [0.5, 0.6) is 0 Å². The summed E-state index contributed by atoms with van der Waals surface area (Å²) in [7, 11) is 0. The van der Waals surface area contributed by atoms with E-state index in [0.717, 1.165) is 23.1 Å². The van der Waals surface area contributed by atoms with Crippen LogP contribution in [-0.4, -0.2) is 23.5 Å². The van der Waals surface area contributed by atoms with Crippen LogP contribution in [0.25, 0.3) is 0 Å². The van der Waals surface area contributed by atoms with Crippen LogP contribution in [0.4, 0.5) is 0 Å². The molecule has 0 atom stereocenters. The first kappa shape index (κ1) is 14.6. The normalized spacial score (nSPS) is 16.3. The van der Waals surface area contributed by atoms with Crippen molar-refractivity contribution in [1.82, 2.24) is 5.32 Å². The van der Waals surface area contributed by atoms with E-state index in [-0.39, 0.29) is 12.5 Å². The average Bonchev–Trinajstić information content (AvgIpc) is 2.32. The lowest BCUT2D eigenvalue weighted by atomic mass is 9.69. The number of carboxylic acids is 1. The lowest BCUT2D eigenvalue weighted by Gasteiger charge is -2.37. The number of rotatable bonds is 5. The van der Waals surface area contributed by atoms with Gasteiger partial charge in [0.15, 0.2) is 0 Å². The fraction of sp³-hybridized carbons (Fsp3) is 0.500. The van der Waals surface area contributed by atoms with Gasteiger partial charge < -0.3 is 10.4 Å². The Hall–Kier alpha value is -1.84. The molecule has 0 heterocycles. The Kier molecular flexibility index (Phi) is 4.12. The Labute approximate surface area is 119 Å². The summed E-state index contributed by atoms with van der Waals surface area (Å²) in [5.41, 5.74) is 2.49. The topological polar surface area (TPSA) is 66.4 Å². The highest BCUT2D eigenvalue weighted by Crippen LogP contribution is 2.40. The molecule has 2 rings (SSSR count). The summed E-state index contributed by atoms with van der Waals surface area (Å²) in [4.78, 5) is 23.2. The number of nitrogens with one attached hydrogen (secondary N) is 1. The molecule has 0 unspecified atom stereocenters. The summed E-state index contributed by atoms with van der Waals surface area (Å²) in [5.74, 6) is -0.901. The number of aliphatic carboxylic acids is 1. The van der Waals surface area contributed by atoms with E-state index >= 15 is 0 Å². The molecule has 0 aromatic heterocycles. The van der Waals surface area contributed by atoms with E-state index < -0.39 is 11.4 Å². The van der Waals surface area contributed by atoms with Crippen LogP contribution in [0.2, 0.25) is 0 Å². The number of carbonyl (C=O) groups excluding carboxylic acids is 1. The van der Waals surface area contributed by atoms with Crippen LogP contribution in [0.3, 0.4) is 0 Å². The van der Waals surface area contributed by atoms with Crippen LogP contribution in [0.1, 0.15) is 36.0 Å². The largest absolute Gasteiger partial charge is 0.481 e.